The van der Waals surface area contributed by atoms with Gasteiger partial charge in [0.15, 0.2) is 0 Å². The van der Waals surface area contributed by atoms with Gasteiger partial charge >= 0.3 is 0 Å². The molecule has 5 heteroatoms. The van der Waals surface area contributed by atoms with Gasteiger partial charge in [-0.2, -0.15) is 0 Å². The molecule has 0 fully saturated rings. The Hall–Kier alpha value is -1.50. The summed E-state index contributed by atoms with van der Waals surface area (Å²) in [5, 5.41) is 15.6. The number of benzene rings is 1. The fraction of sp³-hybridized carbons (Fsp3) is 0.312. The monoisotopic (exact) mass is 398 g/mol. The predicted molar refractivity (Wildman–Crippen MR) is 94.5 cm³/mol. The largest absolute Gasteiger partial charge is 0.512 e. The summed E-state index contributed by atoms with van der Waals surface area (Å²) in [5.74, 6) is 0.362. The van der Waals surface area contributed by atoms with Crippen molar-refractivity contribution in [3.63, 3.8) is 0 Å². The maximum Gasteiger partial charge on any atom is 0.224 e. The first-order valence-corrected chi connectivity index (χ1v) is 8.06. The summed E-state index contributed by atoms with van der Waals surface area (Å²) in [4.78, 5) is 12.0. The minimum absolute atomic E-state index is 0.0358. The van der Waals surface area contributed by atoms with Crippen molar-refractivity contribution in [1.29, 1.82) is 0 Å². The number of hydrogen-bond acceptors (Lipinski definition) is 3. The number of carbonyl (C=O) groups is 1. The summed E-state index contributed by atoms with van der Waals surface area (Å²) >= 11 is 2.25. The van der Waals surface area contributed by atoms with Crippen LogP contribution in [0.2, 0.25) is 0 Å². The Bertz CT molecular complexity index is 582. The standard InChI is InChI=1S/C16H19IN2O2/c1-2-18-15-7-6-12(10-14(15)17)19-16(21)9-11-4-3-5-13(20)8-11/h3-7,10-11,18,20H,2,8-9H2,1H3,(H,19,21). The van der Waals surface area contributed by atoms with Gasteiger partial charge in [-0.1, -0.05) is 12.2 Å². The molecule has 0 heterocycles. The average molecular weight is 398 g/mol. The molecule has 1 aliphatic rings. The van der Waals surface area contributed by atoms with E-state index >= 15 is 0 Å². The Morgan fingerprint density at radius 1 is 1.48 bits per heavy atom. The van der Waals surface area contributed by atoms with Crippen molar-refractivity contribution in [3.05, 3.63) is 45.8 Å². The molecule has 4 nitrogen and oxygen atoms in total. The van der Waals surface area contributed by atoms with Gasteiger partial charge in [0, 0.05) is 34.3 Å². The maximum absolute atomic E-state index is 12.0. The number of nitrogens with one attached hydrogen (secondary N) is 2. The van der Waals surface area contributed by atoms with Gasteiger partial charge in [-0.15, -0.1) is 0 Å². The molecule has 0 aliphatic heterocycles. The lowest BCUT2D eigenvalue weighted by Gasteiger charge is -2.15. The highest BCUT2D eigenvalue weighted by atomic mass is 127. The first-order valence-electron chi connectivity index (χ1n) is 6.98. The molecule has 0 saturated carbocycles. The van der Waals surface area contributed by atoms with E-state index in [2.05, 4.69) is 33.2 Å². The smallest absolute Gasteiger partial charge is 0.224 e. The zero-order chi connectivity index (χ0) is 15.2. The molecule has 1 aromatic rings. The molecule has 0 aromatic heterocycles. The topological polar surface area (TPSA) is 61.4 Å². The number of allylic oxidation sites excluding steroid dienone is 4. The third-order valence-electron chi connectivity index (χ3n) is 3.21. The molecule has 21 heavy (non-hydrogen) atoms. The quantitative estimate of drug-likeness (QED) is 0.656. The SMILES string of the molecule is CCNc1ccc(NC(=O)CC2C=CC=C(O)C2)cc1I. The number of amides is 1. The molecular weight excluding hydrogens is 379 g/mol. The minimum Gasteiger partial charge on any atom is -0.512 e. The van der Waals surface area contributed by atoms with Crippen LogP contribution in [0.3, 0.4) is 0 Å². The fourth-order valence-electron chi connectivity index (χ4n) is 2.25. The summed E-state index contributed by atoms with van der Waals surface area (Å²) in [5.41, 5.74) is 1.87. The van der Waals surface area contributed by atoms with Crippen molar-refractivity contribution in [1.82, 2.24) is 0 Å². The molecule has 0 spiro atoms. The number of aliphatic hydroxyl groups is 1. The number of halogens is 1. The van der Waals surface area contributed by atoms with Crippen LogP contribution in [0.15, 0.2) is 42.2 Å². The predicted octanol–water partition coefficient (Wildman–Crippen LogP) is 4.07. The van der Waals surface area contributed by atoms with Crippen molar-refractivity contribution in [2.45, 2.75) is 19.8 Å². The first-order chi connectivity index (χ1) is 10.1. The highest BCUT2D eigenvalue weighted by Gasteiger charge is 2.15. The molecule has 1 amide bonds. The van der Waals surface area contributed by atoms with E-state index in [0.29, 0.717) is 18.6 Å². The number of aliphatic hydroxyl groups excluding tert-OH is 1. The molecule has 1 atom stereocenters. The lowest BCUT2D eigenvalue weighted by atomic mass is 9.96. The van der Waals surface area contributed by atoms with Crippen LogP contribution < -0.4 is 10.6 Å². The van der Waals surface area contributed by atoms with Gasteiger partial charge < -0.3 is 15.7 Å². The normalized spacial score (nSPS) is 17.2. The first kappa shape index (κ1) is 15.9. The van der Waals surface area contributed by atoms with Crippen LogP contribution in [0, 0.1) is 9.49 Å². The lowest BCUT2D eigenvalue weighted by Crippen LogP contribution is -2.17. The van der Waals surface area contributed by atoms with Crippen molar-refractivity contribution in [2.24, 2.45) is 5.92 Å². The number of rotatable bonds is 5. The van der Waals surface area contributed by atoms with Gasteiger partial charge in [0.2, 0.25) is 5.91 Å². The fourth-order valence-corrected chi connectivity index (χ4v) is 2.95. The van der Waals surface area contributed by atoms with Gasteiger partial charge in [-0.05, 0) is 59.7 Å². The molecule has 1 aromatic carbocycles. The summed E-state index contributed by atoms with van der Waals surface area (Å²) in [6.45, 7) is 2.92. The van der Waals surface area contributed by atoms with E-state index in [1.807, 2.05) is 31.2 Å². The van der Waals surface area contributed by atoms with Crippen LogP contribution in [0.5, 0.6) is 0 Å². The average Bonchev–Trinajstić information content (AvgIpc) is 2.42. The van der Waals surface area contributed by atoms with E-state index in [9.17, 15) is 9.90 Å². The van der Waals surface area contributed by atoms with E-state index in [0.717, 1.165) is 21.5 Å². The Morgan fingerprint density at radius 3 is 2.95 bits per heavy atom. The lowest BCUT2D eigenvalue weighted by molar-refractivity contribution is -0.116. The highest BCUT2D eigenvalue weighted by Crippen LogP contribution is 2.24. The third-order valence-corrected chi connectivity index (χ3v) is 4.10. The maximum atomic E-state index is 12.0. The Morgan fingerprint density at radius 2 is 2.29 bits per heavy atom. The zero-order valence-electron chi connectivity index (χ0n) is 11.9. The van der Waals surface area contributed by atoms with E-state index in [-0.39, 0.29) is 11.8 Å². The van der Waals surface area contributed by atoms with Crippen LogP contribution >= 0.6 is 22.6 Å². The summed E-state index contributed by atoms with van der Waals surface area (Å²) in [7, 11) is 0. The molecule has 1 unspecified atom stereocenters. The molecule has 1 aliphatic carbocycles. The van der Waals surface area contributed by atoms with Crippen LogP contribution in [-0.2, 0) is 4.79 Å². The Kier molecular flexibility index (Phi) is 5.67. The van der Waals surface area contributed by atoms with E-state index < -0.39 is 0 Å². The Balaban J connectivity index is 1.92. The second-order valence-electron chi connectivity index (χ2n) is 4.98. The molecule has 0 radical (unpaired) electrons. The van der Waals surface area contributed by atoms with E-state index in [1.54, 1.807) is 12.2 Å². The van der Waals surface area contributed by atoms with Crippen molar-refractivity contribution in [2.75, 3.05) is 17.2 Å². The van der Waals surface area contributed by atoms with Crippen LogP contribution in [0.25, 0.3) is 0 Å². The van der Waals surface area contributed by atoms with Gasteiger partial charge in [-0.25, -0.2) is 0 Å². The Labute approximate surface area is 138 Å². The molecule has 0 saturated heterocycles. The van der Waals surface area contributed by atoms with Gasteiger partial charge in [0.1, 0.15) is 0 Å². The molecular formula is C16H19IN2O2. The van der Waals surface area contributed by atoms with Crippen LogP contribution in [0.4, 0.5) is 11.4 Å². The number of carbonyl (C=O) groups excluding carboxylic acids is 1. The van der Waals surface area contributed by atoms with Crippen molar-refractivity contribution >= 4 is 39.9 Å². The van der Waals surface area contributed by atoms with Gasteiger partial charge in [0.25, 0.3) is 0 Å². The summed E-state index contributed by atoms with van der Waals surface area (Å²) in [6, 6.07) is 5.81. The molecule has 0 bridgehead atoms. The van der Waals surface area contributed by atoms with Crippen molar-refractivity contribution in [3.8, 4) is 0 Å². The van der Waals surface area contributed by atoms with E-state index in [4.69, 9.17) is 0 Å². The second-order valence-corrected chi connectivity index (χ2v) is 6.15. The molecule has 2 rings (SSSR count). The minimum atomic E-state index is -0.0358. The molecule has 112 valence electrons. The van der Waals surface area contributed by atoms with Crippen LogP contribution in [0.1, 0.15) is 19.8 Å². The zero-order valence-corrected chi connectivity index (χ0v) is 14.1. The number of hydrogen-bond donors (Lipinski definition) is 3. The van der Waals surface area contributed by atoms with Gasteiger partial charge in [-0.3, -0.25) is 4.79 Å². The third kappa shape index (κ3) is 4.77. The summed E-state index contributed by atoms with van der Waals surface area (Å²) in [6.07, 6.45) is 6.32. The van der Waals surface area contributed by atoms with Crippen LogP contribution in [-0.4, -0.2) is 17.6 Å². The second kappa shape index (κ2) is 7.49. The van der Waals surface area contributed by atoms with Gasteiger partial charge in [0.05, 0.1) is 5.76 Å². The molecule has 3 N–H and O–H groups in total. The van der Waals surface area contributed by atoms with Crippen molar-refractivity contribution < 1.29 is 9.90 Å². The van der Waals surface area contributed by atoms with E-state index in [1.165, 1.54) is 0 Å². The summed E-state index contributed by atoms with van der Waals surface area (Å²) < 4.78 is 1.07. The highest BCUT2D eigenvalue weighted by molar-refractivity contribution is 14.1. The number of anilines is 2.